The van der Waals surface area contributed by atoms with Crippen LogP contribution in [0.1, 0.15) is 22.7 Å². The molecule has 2 aliphatic rings. The number of carbonyl (C=O) groups excluding carboxylic acids is 1. The predicted octanol–water partition coefficient (Wildman–Crippen LogP) is 1.51. The Labute approximate surface area is 184 Å². The van der Waals surface area contributed by atoms with Crippen LogP contribution in [0.4, 0.5) is 0 Å². The van der Waals surface area contributed by atoms with Gasteiger partial charge in [0.25, 0.3) is 10.0 Å². The average Bonchev–Trinajstić information content (AvgIpc) is 3.40. The molecule has 1 atom stereocenters. The van der Waals surface area contributed by atoms with Crippen molar-refractivity contribution in [3.63, 3.8) is 0 Å². The number of benzene rings is 2. The zero-order chi connectivity index (χ0) is 22.3. The molecular formula is C22H21N3O6S. The van der Waals surface area contributed by atoms with E-state index in [0.29, 0.717) is 36.0 Å². The van der Waals surface area contributed by atoms with E-state index in [-0.39, 0.29) is 30.5 Å². The van der Waals surface area contributed by atoms with E-state index < -0.39 is 15.9 Å². The van der Waals surface area contributed by atoms with Gasteiger partial charge in [0.05, 0.1) is 29.7 Å². The van der Waals surface area contributed by atoms with Gasteiger partial charge in [-0.2, -0.15) is 17.6 Å². The third kappa shape index (κ3) is 3.51. The molecule has 0 radical (unpaired) electrons. The van der Waals surface area contributed by atoms with Gasteiger partial charge in [0, 0.05) is 24.4 Å². The highest BCUT2D eigenvalue weighted by Gasteiger charge is 2.33. The van der Waals surface area contributed by atoms with Crippen LogP contribution in [-0.4, -0.2) is 53.3 Å². The lowest BCUT2D eigenvalue weighted by Crippen LogP contribution is -2.33. The number of aromatic nitrogens is 2. The minimum Gasteiger partial charge on any atom is -0.486 e. The monoisotopic (exact) mass is 455 g/mol. The fourth-order valence-corrected chi connectivity index (χ4v) is 5.11. The van der Waals surface area contributed by atoms with Crippen molar-refractivity contribution >= 4 is 15.9 Å². The topological polar surface area (TPSA) is 111 Å². The molecule has 0 spiro atoms. The predicted molar refractivity (Wildman–Crippen MR) is 113 cm³/mol. The fraction of sp³-hybridized carbons (Fsp3) is 0.273. The first-order valence-corrected chi connectivity index (χ1v) is 11.6. The molecule has 1 N–H and O–H groups in total. The maximum absolute atomic E-state index is 13.1. The van der Waals surface area contributed by atoms with Crippen molar-refractivity contribution in [1.29, 1.82) is 0 Å². The highest BCUT2D eigenvalue weighted by molar-refractivity contribution is 7.89. The molecule has 0 saturated carbocycles. The molecule has 0 aliphatic carbocycles. The summed E-state index contributed by atoms with van der Waals surface area (Å²) in [5.41, 5.74) is 1.91. The molecule has 32 heavy (non-hydrogen) atoms. The zero-order valence-electron chi connectivity index (χ0n) is 17.0. The second kappa shape index (κ2) is 7.95. The Kier molecular flexibility index (Phi) is 5.10. The van der Waals surface area contributed by atoms with Crippen molar-refractivity contribution in [2.75, 3.05) is 19.8 Å². The van der Waals surface area contributed by atoms with Gasteiger partial charge in [-0.1, -0.05) is 30.3 Å². The first kappa shape index (κ1) is 20.5. The van der Waals surface area contributed by atoms with E-state index in [0.717, 1.165) is 9.65 Å². The van der Waals surface area contributed by atoms with Gasteiger partial charge in [-0.15, -0.1) is 0 Å². The van der Waals surface area contributed by atoms with Crippen LogP contribution in [0.25, 0.3) is 0 Å². The number of amides is 1. The van der Waals surface area contributed by atoms with E-state index >= 15 is 0 Å². The van der Waals surface area contributed by atoms with Gasteiger partial charge in [0.15, 0.2) is 11.5 Å². The van der Waals surface area contributed by atoms with Gasteiger partial charge in [0.1, 0.15) is 13.2 Å². The standard InChI is InChI=1S/C22H21N3O6S/c26-14-18(15-4-2-1-3-5-15)22(27)24-11-16-12-25(23-19(16)13-24)32(28,29)17-6-7-20-21(10-17)31-9-8-30-20/h1-7,10,12,18,26H,8-9,11,13-14H2/t18-/m1/s1. The smallest absolute Gasteiger partial charge is 0.283 e. The SMILES string of the molecule is O=C([C@H](CO)c1ccccc1)N1Cc2cn(S(=O)(=O)c3ccc4c(c3)OCCO4)nc2C1. The maximum Gasteiger partial charge on any atom is 0.283 e. The summed E-state index contributed by atoms with van der Waals surface area (Å²) < 4.78 is 38.0. The number of carbonyl (C=O) groups is 1. The van der Waals surface area contributed by atoms with Crippen LogP contribution in [-0.2, 0) is 27.9 Å². The summed E-state index contributed by atoms with van der Waals surface area (Å²) >= 11 is 0. The Hall–Kier alpha value is -3.37. The number of nitrogens with zero attached hydrogens (tertiary/aromatic N) is 3. The van der Waals surface area contributed by atoms with E-state index in [2.05, 4.69) is 5.10 Å². The number of rotatable bonds is 5. The molecule has 10 heteroatoms. The van der Waals surface area contributed by atoms with Gasteiger partial charge >= 0.3 is 0 Å². The van der Waals surface area contributed by atoms with Gasteiger partial charge in [-0.25, -0.2) is 0 Å². The summed E-state index contributed by atoms with van der Waals surface area (Å²) in [4.78, 5) is 14.6. The highest BCUT2D eigenvalue weighted by Crippen LogP contribution is 2.33. The number of aliphatic hydroxyl groups excluding tert-OH is 1. The van der Waals surface area contributed by atoms with E-state index in [1.807, 2.05) is 18.2 Å². The first-order chi connectivity index (χ1) is 15.5. The van der Waals surface area contributed by atoms with Gasteiger partial charge < -0.3 is 19.5 Å². The van der Waals surface area contributed by atoms with Gasteiger partial charge in [-0.05, 0) is 17.7 Å². The lowest BCUT2D eigenvalue weighted by Gasteiger charge is -2.22. The minimum atomic E-state index is -3.93. The zero-order valence-corrected chi connectivity index (χ0v) is 17.9. The maximum atomic E-state index is 13.1. The van der Waals surface area contributed by atoms with Crippen LogP contribution in [0, 0.1) is 0 Å². The molecular weight excluding hydrogens is 434 g/mol. The van der Waals surface area contributed by atoms with E-state index in [1.165, 1.54) is 18.3 Å². The lowest BCUT2D eigenvalue weighted by molar-refractivity contribution is -0.134. The number of aliphatic hydroxyl groups is 1. The number of hydrogen-bond donors (Lipinski definition) is 1. The molecule has 2 aromatic carbocycles. The van der Waals surface area contributed by atoms with Gasteiger partial charge in [-0.3, -0.25) is 4.79 Å². The van der Waals surface area contributed by atoms with Crippen molar-refractivity contribution in [3.8, 4) is 11.5 Å². The van der Waals surface area contributed by atoms with Crippen molar-refractivity contribution in [2.24, 2.45) is 0 Å². The van der Waals surface area contributed by atoms with Crippen LogP contribution in [0.15, 0.2) is 59.6 Å². The third-order valence-corrected chi connectivity index (χ3v) is 7.14. The van der Waals surface area contributed by atoms with Crippen LogP contribution in [0.2, 0.25) is 0 Å². The summed E-state index contributed by atoms with van der Waals surface area (Å²) in [5, 5.41) is 14.0. The largest absolute Gasteiger partial charge is 0.486 e. The summed E-state index contributed by atoms with van der Waals surface area (Å²) in [6.07, 6.45) is 1.44. The number of fused-ring (bicyclic) bond motifs is 2. The Morgan fingerprint density at radius 2 is 1.81 bits per heavy atom. The second-order valence-corrected chi connectivity index (χ2v) is 9.42. The normalized spacial score (nSPS) is 16.0. The fourth-order valence-electron chi connectivity index (χ4n) is 3.93. The third-order valence-electron chi connectivity index (χ3n) is 5.61. The molecule has 0 saturated heterocycles. The molecule has 0 unspecified atom stereocenters. The van der Waals surface area contributed by atoms with Crippen LogP contribution in [0.5, 0.6) is 11.5 Å². The average molecular weight is 455 g/mol. The van der Waals surface area contributed by atoms with Crippen molar-refractivity contribution in [3.05, 3.63) is 71.5 Å². The molecule has 1 amide bonds. The molecule has 5 rings (SSSR count). The molecule has 2 aliphatic heterocycles. The summed E-state index contributed by atoms with van der Waals surface area (Å²) in [6, 6.07) is 13.5. The van der Waals surface area contributed by atoms with E-state index in [9.17, 15) is 18.3 Å². The highest BCUT2D eigenvalue weighted by atomic mass is 32.2. The quantitative estimate of drug-likeness (QED) is 0.621. The molecule has 0 fully saturated rings. The summed E-state index contributed by atoms with van der Waals surface area (Å²) in [6.45, 7) is 0.876. The Bertz CT molecular complexity index is 1250. The second-order valence-electron chi connectivity index (χ2n) is 7.62. The summed E-state index contributed by atoms with van der Waals surface area (Å²) in [5.74, 6) is -0.0133. The molecule has 166 valence electrons. The van der Waals surface area contributed by atoms with Gasteiger partial charge in [0.2, 0.25) is 5.91 Å². The molecule has 3 heterocycles. The van der Waals surface area contributed by atoms with Crippen molar-refractivity contribution in [2.45, 2.75) is 23.9 Å². The van der Waals surface area contributed by atoms with Crippen LogP contribution in [0.3, 0.4) is 0 Å². The Morgan fingerprint density at radius 1 is 1.06 bits per heavy atom. The lowest BCUT2D eigenvalue weighted by atomic mass is 9.98. The van der Waals surface area contributed by atoms with Crippen LogP contribution >= 0.6 is 0 Å². The molecule has 0 bridgehead atoms. The van der Waals surface area contributed by atoms with Crippen molar-refractivity contribution < 1.29 is 27.8 Å². The van der Waals surface area contributed by atoms with Crippen LogP contribution < -0.4 is 9.47 Å². The Balaban J connectivity index is 1.36. The first-order valence-electron chi connectivity index (χ1n) is 10.1. The Morgan fingerprint density at radius 3 is 2.53 bits per heavy atom. The molecule has 1 aromatic heterocycles. The number of hydrogen-bond acceptors (Lipinski definition) is 7. The van der Waals surface area contributed by atoms with E-state index in [1.54, 1.807) is 23.1 Å². The molecule has 9 nitrogen and oxygen atoms in total. The number of ether oxygens (including phenoxy) is 2. The molecule has 3 aromatic rings. The summed E-state index contributed by atoms with van der Waals surface area (Å²) in [7, 11) is -3.93. The van der Waals surface area contributed by atoms with E-state index in [4.69, 9.17) is 9.47 Å². The van der Waals surface area contributed by atoms with Crippen molar-refractivity contribution in [1.82, 2.24) is 14.1 Å². The minimum absolute atomic E-state index is 0.0419.